The largest absolute Gasteiger partial charge is 0.503 e. The molecule has 2 unspecified atom stereocenters. The monoisotopic (exact) mass is 462 g/mol. The summed E-state index contributed by atoms with van der Waals surface area (Å²) in [6.45, 7) is 1.42. The number of fused-ring (bicyclic) bond motifs is 2. The Morgan fingerprint density at radius 1 is 1.25 bits per heavy atom. The van der Waals surface area contributed by atoms with Crippen LogP contribution in [0.5, 0.6) is 5.75 Å². The molecule has 1 aliphatic heterocycles. The SMILES string of the molecule is CC12CCCCCC1(O)Cn1cc(C(=O)NCc3cccc(Cl)c3F)c(=O)c(O)c1C2=O. The predicted octanol–water partition coefficient (Wildman–Crippen LogP) is 3.17. The normalized spacial score (nSPS) is 24.9. The van der Waals surface area contributed by atoms with Crippen molar-refractivity contribution in [3.63, 3.8) is 0 Å². The number of pyridine rings is 1. The van der Waals surface area contributed by atoms with Crippen LogP contribution >= 0.6 is 11.6 Å². The lowest BCUT2D eigenvalue weighted by atomic mass is 9.64. The quantitative estimate of drug-likeness (QED) is 0.649. The minimum Gasteiger partial charge on any atom is -0.503 e. The third-order valence-electron chi connectivity index (χ3n) is 6.91. The number of carbonyl (C=O) groups is 2. The van der Waals surface area contributed by atoms with Crippen molar-refractivity contribution < 1.29 is 24.2 Å². The van der Waals surface area contributed by atoms with Gasteiger partial charge in [0.25, 0.3) is 5.91 Å². The van der Waals surface area contributed by atoms with E-state index in [4.69, 9.17) is 11.6 Å². The number of benzene rings is 1. The zero-order valence-corrected chi connectivity index (χ0v) is 18.3. The van der Waals surface area contributed by atoms with Crippen LogP contribution in [0.2, 0.25) is 5.02 Å². The van der Waals surface area contributed by atoms with Crippen LogP contribution in [0.3, 0.4) is 0 Å². The van der Waals surface area contributed by atoms with Crippen molar-refractivity contribution in [1.29, 1.82) is 0 Å². The number of halogens is 2. The third kappa shape index (κ3) is 3.42. The van der Waals surface area contributed by atoms with E-state index < -0.39 is 45.3 Å². The van der Waals surface area contributed by atoms with Gasteiger partial charge >= 0.3 is 0 Å². The lowest BCUT2D eigenvalue weighted by Crippen LogP contribution is -2.58. The van der Waals surface area contributed by atoms with Crippen molar-refractivity contribution in [2.75, 3.05) is 0 Å². The Hall–Kier alpha value is -2.71. The fourth-order valence-electron chi connectivity index (χ4n) is 4.83. The summed E-state index contributed by atoms with van der Waals surface area (Å²) in [5, 5.41) is 24.3. The summed E-state index contributed by atoms with van der Waals surface area (Å²) in [7, 11) is 0. The fourth-order valence-corrected chi connectivity index (χ4v) is 5.03. The highest BCUT2D eigenvalue weighted by molar-refractivity contribution is 6.30. The van der Waals surface area contributed by atoms with E-state index in [9.17, 15) is 29.0 Å². The number of aromatic hydroxyl groups is 1. The fraction of sp³-hybridized carbons (Fsp3) is 0.435. The van der Waals surface area contributed by atoms with Crippen LogP contribution in [0.1, 0.15) is 65.4 Å². The van der Waals surface area contributed by atoms with E-state index in [1.165, 1.54) is 29.0 Å². The summed E-state index contributed by atoms with van der Waals surface area (Å²) in [6.07, 6.45) is 4.41. The summed E-state index contributed by atoms with van der Waals surface area (Å²) in [6, 6.07) is 4.35. The minimum absolute atomic E-state index is 0.0262. The van der Waals surface area contributed by atoms with E-state index in [0.29, 0.717) is 12.8 Å². The highest BCUT2D eigenvalue weighted by atomic mass is 35.5. The molecule has 170 valence electrons. The summed E-state index contributed by atoms with van der Waals surface area (Å²) in [5.41, 5.74) is -3.93. The second-order valence-corrected chi connectivity index (χ2v) is 9.25. The van der Waals surface area contributed by atoms with Gasteiger partial charge < -0.3 is 20.1 Å². The second-order valence-electron chi connectivity index (χ2n) is 8.85. The minimum atomic E-state index is -1.35. The molecular formula is C23H24ClFN2O5. The molecule has 1 saturated carbocycles. The molecule has 0 saturated heterocycles. The molecule has 1 aromatic carbocycles. The van der Waals surface area contributed by atoms with Crippen molar-refractivity contribution >= 4 is 23.3 Å². The van der Waals surface area contributed by atoms with Crippen LogP contribution in [0.4, 0.5) is 4.39 Å². The molecule has 0 bridgehead atoms. The Morgan fingerprint density at radius 2 is 1.97 bits per heavy atom. The number of ketones is 1. The van der Waals surface area contributed by atoms with Gasteiger partial charge in [0.2, 0.25) is 5.43 Å². The van der Waals surface area contributed by atoms with Gasteiger partial charge in [0.15, 0.2) is 11.5 Å². The zero-order valence-electron chi connectivity index (χ0n) is 17.6. The third-order valence-corrected chi connectivity index (χ3v) is 7.21. The molecule has 0 radical (unpaired) electrons. The van der Waals surface area contributed by atoms with Crippen LogP contribution in [-0.4, -0.2) is 32.1 Å². The molecule has 32 heavy (non-hydrogen) atoms. The van der Waals surface area contributed by atoms with Crippen molar-refractivity contribution in [2.24, 2.45) is 5.41 Å². The van der Waals surface area contributed by atoms with Crippen molar-refractivity contribution in [2.45, 2.75) is 57.7 Å². The van der Waals surface area contributed by atoms with E-state index in [-0.39, 0.29) is 29.4 Å². The average molecular weight is 463 g/mol. The summed E-state index contributed by atoms with van der Waals surface area (Å²) < 4.78 is 15.4. The molecule has 3 N–H and O–H groups in total. The van der Waals surface area contributed by atoms with E-state index in [0.717, 1.165) is 19.3 Å². The topological polar surface area (TPSA) is 109 Å². The van der Waals surface area contributed by atoms with Gasteiger partial charge in [-0.25, -0.2) is 4.39 Å². The van der Waals surface area contributed by atoms with Gasteiger partial charge in [-0.2, -0.15) is 0 Å². The standard InChI is InChI=1S/C23H24ClFN2O5/c1-22-8-3-2-4-9-23(22,32)12-27-11-14(18(28)19(29)17(27)20(22)30)21(31)26-10-13-6-5-7-15(24)16(13)25/h5-7,11,29,32H,2-4,8-10,12H2,1H3,(H,26,31). The molecule has 1 amide bonds. The summed E-state index contributed by atoms with van der Waals surface area (Å²) in [5.74, 6) is -2.84. The number of amides is 1. The molecule has 9 heteroatoms. The van der Waals surface area contributed by atoms with Gasteiger partial charge in [-0.3, -0.25) is 14.4 Å². The molecule has 2 atom stereocenters. The number of carbonyl (C=O) groups excluding carboxylic acids is 2. The molecule has 7 nitrogen and oxygen atoms in total. The number of hydrogen-bond donors (Lipinski definition) is 3. The van der Waals surface area contributed by atoms with Gasteiger partial charge in [0.1, 0.15) is 17.1 Å². The molecule has 0 spiro atoms. The second kappa shape index (κ2) is 8.01. The number of rotatable bonds is 3. The molecule has 4 rings (SSSR count). The van der Waals surface area contributed by atoms with E-state index >= 15 is 0 Å². The number of nitrogens with zero attached hydrogens (tertiary/aromatic N) is 1. The van der Waals surface area contributed by atoms with Crippen LogP contribution in [-0.2, 0) is 13.1 Å². The smallest absolute Gasteiger partial charge is 0.257 e. The molecule has 2 heterocycles. The zero-order chi connectivity index (χ0) is 23.3. The maximum atomic E-state index is 14.1. The van der Waals surface area contributed by atoms with Gasteiger partial charge in [-0.1, -0.05) is 43.0 Å². The van der Waals surface area contributed by atoms with Crippen LogP contribution < -0.4 is 10.7 Å². The number of Topliss-reactive ketones (excluding diaryl/α,β-unsaturated/α-hetero) is 1. The van der Waals surface area contributed by atoms with E-state index in [1.54, 1.807) is 6.92 Å². The summed E-state index contributed by atoms with van der Waals surface area (Å²) >= 11 is 5.75. The Balaban J connectivity index is 1.69. The van der Waals surface area contributed by atoms with Crippen molar-refractivity contribution in [3.05, 3.63) is 62.3 Å². The number of aliphatic hydroxyl groups is 1. The number of nitrogens with one attached hydrogen (secondary N) is 1. The Morgan fingerprint density at radius 3 is 2.72 bits per heavy atom. The lowest BCUT2D eigenvalue weighted by molar-refractivity contribution is -0.0832. The molecular weight excluding hydrogens is 439 g/mol. The molecule has 2 aliphatic rings. The highest BCUT2D eigenvalue weighted by Gasteiger charge is 2.56. The number of hydrogen-bond acceptors (Lipinski definition) is 5. The first-order valence-corrected chi connectivity index (χ1v) is 10.9. The Kier molecular flexibility index (Phi) is 5.63. The lowest BCUT2D eigenvalue weighted by Gasteiger charge is -2.47. The van der Waals surface area contributed by atoms with Crippen LogP contribution in [0.25, 0.3) is 0 Å². The van der Waals surface area contributed by atoms with Gasteiger partial charge in [-0.05, 0) is 25.8 Å². The first kappa shape index (κ1) is 22.5. The van der Waals surface area contributed by atoms with Crippen LogP contribution in [0, 0.1) is 11.2 Å². The van der Waals surface area contributed by atoms with Gasteiger partial charge in [-0.15, -0.1) is 0 Å². The summed E-state index contributed by atoms with van der Waals surface area (Å²) in [4.78, 5) is 38.8. The maximum absolute atomic E-state index is 14.1. The Labute approximate surface area is 188 Å². The average Bonchev–Trinajstić information content (AvgIpc) is 2.90. The van der Waals surface area contributed by atoms with Crippen LogP contribution in [0.15, 0.2) is 29.2 Å². The molecule has 1 aromatic heterocycles. The first-order chi connectivity index (χ1) is 15.1. The highest BCUT2D eigenvalue weighted by Crippen LogP contribution is 2.49. The molecule has 1 aliphatic carbocycles. The first-order valence-electron chi connectivity index (χ1n) is 10.5. The molecule has 1 fully saturated rings. The van der Waals surface area contributed by atoms with Crippen molar-refractivity contribution in [3.8, 4) is 5.75 Å². The molecule has 2 aromatic rings. The number of aromatic nitrogens is 1. The van der Waals surface area contributed by atoms with Crippen molar-refractivity contribution in [1.82, 2.24) is 9.88 Å². The predicted molar refractivity (Wildman–Crippen MR) is 115 cm³/mol. The maximum Gasteiger partial charge on any atom is 0.257 e. The van der Waals surface area contributed by atoms with Gasteiger partial charge in [0, 0.05) is 18.3 Å². The Bertz CT molecular complexity index is 1180. The van der Waals surface area contributed by atoms with E-state index in [1.807, 2.05) is 0 Å². The van der Waals surface area contributed by atoms with Gasteiger partial charge in [0.05, 0.1) is 22.6 Å². The van der Waals surface area contributed by atoms with E-state index in [2.05, 4.69) is 5.32 Å².